The molecule has 1 aliphatic rings. The molecule has 110 valence electrons. The Hall–Kier alpha value is -1.24. The molecule has 1 rings (SSSR count). The Morgan fingerprint density at radius 3 is 2.63 bits per heavy atom. The van der Waals surface area contributed by atoms with Crippen LogP contribution in [0.25, 0.3) is 0 Å². The lowest BCUT2D eigenvalue weighted by Gasteiger charge is -2.40. The number of nitrogens with zero attached hydrogens (tertiary/aromatic N) is 2. The Bertz CT molecular complexity index is 333. The zero-order valence-corrected chi connectivity index (χ0v) is 11.2. The predicted octanol–water partition coefficient (Wildman–Crippen LogP) is 1.84. The Morgan fingerprint density at radius 2 is 2.16 bits per heavy atom. The molecule has 1 N–H and O–H groups in total. The van der Waals surface area contributed by atoms with Gasteiger partial charge < -0.3 is 10.2 Å². The van der Waals surface area contributed by atoms with E-state index in [0.29, 0.717) is 13.1 Å². The quantitative estimate of drug-likeness (QED) is 0.800. The Balaban J connectivity index is 2.49. The minimum atomic E-state index is -4.20. The van der Waals surface area contributed by atoms with E-state index in [1.807, 2.05) is 0 Å². The van der Waals surface area contributed by atoms with Crippen LogP contribution in [0.5, 0.6) is 0 Å². The summed E-state index contributed by atoms with van der Waals surface area (Å²) in [4.78, 5) is 14.7. The molecule has 2 atom stereocenters. The number of amides is 2. The molecule has 0 aromatic rings. The van der Waals surface area contributed by atoms with Crippen LogP contribution in [-0.2, 0) is 0 Å². The number of urea groups is 1. The van der Waals surface area contributed by atoms with Crippen LogP contribution in [0.3, 0.4) is 0 Å². The van der Waals surface area contributed by atoms with Gasteiger partial charge in [0.1, 0.15) is 0 Å². The van der Waals surface area contributed by atoms with E-state index in [9.17, 15) is 18.0 Å². The summed E-state index contributed by atoms with van der Waals surface area (Å²) < 4.78 is 37.0. The predicted molar refractivity (Wildman–Crippen MR) is 66.9 cm³/mol. The van der Waals surface area contributed by atoms with Crippen molar-refractivity contribution in [1.29, 1.82) is 0 Å². The van der Waals surface area contributed by atoms with Crippen molar-refractivity contribution in [2.45, 2.75) is 32.1 Å². The van der Waals surface area contributed by atoms with Crippen LogP contribution < -0.4 is 5.32 Å². The van der Waals surface area contributed by atoms with Crippen LogP contribution in [0.15, 0.2) is 12.7 Å². The number of carbonyl (C=O) groups excluding carboxylic acids is 1. The highest BCUT2D eigenvalue weighted by Crippen LogP contribution is 2.20. The summed E-state index contributed by atoms with van der Waals surface area (Å²) in [7, 11) is 0. The molecule has 1 aliphatic heterocycles. The first-order valence-electron chi connectivity index (χ1n) is 6.21. The van der Waals surface area contributed by atoms with Crippen molar-refractivity contribution in [3.05, 3.63) is 12.7 Å². The fourth-order valence-electron chi connectivity index (χ4n) is 1.99. The molecule has 0 aromatic carbocycles. The second kappa shape index (κ2) is 6.27. The lowest BCUT2D eigenvalue weighted by Crippen LogP contribution is -2.58. The summed E-state index contributed by atoms with van der Waals surface area (Å²) in [5.74, 6) is 0. The van der Waals surface area contributed by atoms with E-state index in [1.165, 1.54) is 9.80 Å². The molecule has 4 nitrogen and oxygen atoms in total. The summed E-state index contributed by atoms with van der Waals surface area (Å²) in [5, 5.41) is 2.71. The first-order chi connectivity index (χ1) is 8.73. The first-order valence-corrected chi connectivity index (χ1v) is 6.21. The maximum absolute atomic E-state index is 12.3. The van der Waals surface area contributed by atoms with Crippen molar-refractivity contribution >= 4 is 6.03 Å². The summed E-state index contributed by atoms with van der Waals surface area (Å²) in [6.45, 7) is 6.95. The summed E-state index contributed by atoms with van der Waals surface area (Å²) in [6, 6.07) is -0.720. The van der Waals surface area contributed by atoms with Crippen LogP contribution in [0.1, 0.15) is 13.8 Å². The zero-order chi connectivity index (χ0) is 14.6. The van der Waals surface area contributed by atoms with Gasteiger partial charge in [-0.25, -0.2) is 4.79 Å². The van der Waals surface area contributed by atoms with E-state index in [2.05, 4.69) is 11.9 Å². The second-order valence-electron chi connectivity index (χ2n) is 4.85. The summed E-state index contributed by atoms with van der Waals surface area (Å²) >= 11 is 0. The molecular formula is C12H20F3N3O. The molecule has 0 spiro atoms. The largest absolute Gasteiger partial charge is 0.401 e. The smallest absolute Gasteiger partial charge is 0.332 e. The van der Waals surface area contributed by atoms with Crippen molar-refractivity contribution in [3.63, 3.8) is 0 Å². The minimum Gasteiger partial charge on any atom is -0.332 e. The lowest BCUT2D eigenvalue weighted by atomic mass is 10.2. The standard InChI is InChI=1S/C12H20F3N3O/c1-4-9(2)16-11(19)17-5-6-18(10(3)7-17)8-12(13,14)15/h4,9-10H,1,5-8H2,2-3H3,(H,16,19)/t9-,10+/m1/s1. The van der Waals surface area contributed by atoms with E-state index in [4.69, 9.17) is 0 Å². The summed E-state index contributed by atoms with van der Waals surface area (Å²) in [5.41, 5.74) is 0. The molecule has 7 heteroatoms. The normalized spacial score (nSPS) is 23.0. The van der Waals surface area contributed by atoms with Crippen molar-refractivity contribution in [3.8, 4) is 0 Å². The maximum atomic E-state index is 12.3. The Morgan fingerprint density at radius 1 is 1.53 bits per heavy atom. The highest BCUT2D eigenvalue weighted by Gasteiger charge is 2.35. The molecule has 19 heavy (non-hydrogen) atoms. The van der Waals surface area contributed by atoms with Gasteiger partial charge in [-0.3, -0.25) is 4.90 Å². The fraction of sp³-hybridized carbons (Fsp3) is 0.750. The Kier molecular flexibility index (Phi) is 5.22. The maximum Gasteiger partial charge on any atom is 0.401 e. The van der Waals surface area contributed by atoms with Gasteiger partial charge >= 0.3 is 12.2 Å². The molecule has 0 bridgehead atoms. The number of carbonyl (C=O) groups is 1. The fourth-order valence-corrected chi connectivity index (χ4v) is 1.99. The molecular weight excluding hydrogens is 259 g/mol. The third-order valence-corrected chi connectivity index (χ3v) is 3.14. The molecule has 1 saturated heterocycles. The van der Waals surface area contributed by atoms with Crippen LogP contribution >= 0.6 is 0 Å². The van der Waals surface area contributed by atoms with Gasteiger partial charge in [-0.05, 0) is 13.8 Å². The van der Waals surface area contributed by atoms with Crippen LogP contribution in [-0.4, -0.2) is 60.3 Å². The monoisotopic (exact) mass is 279 g/mol. The van der Waals surface area contributed by atoms with Gasteiger partial charge in [0, 0.05) is 31.7 Å². The van der Waals surface area contributed by atoms with E-state index in [0.717, 1.165) is 0 Å². The van der Waals surface area contributed by atoms with Crippen molar-refractivity contribution in [2.75, 3.05) is 26.2 Å². The van der Waals surface area contributed by atoms with Gasteiger partial charge in [0.2, 0.25) is 0 Å². The number of halogens is 3. The van der Waals surface area contributed by atoms with Crippen molar-refractivity contribution in [2.24, 2.45) is 0 Å². The SMILES string of the molecule is C=C[C@@H](C)NC(=O)N1CCN(CC(F)(F)F)[C@@H](C)C1. The number of hydrogen-bond donors (Lipinski definition) is 1. The average Bonchev–Trinajstić information content (AvgIpc) is 2.29. The number of rotatable bonds is 3. The molecule has 0 radical (unpaired) electrons. The molecule has 2 amide bonds. The first kappa shape index (κ1) is 15.8. The highest BCUT2D eigenvalue weighted by atomic mass is 19.4. The summed E-state index contributed by atoms with van der Waals surface area (Å²) in [6.07, 6.45) is -2.60. The number of alkyl halides is 3. The van der Waals surface area contributed by atoms with Gasteiger partial charge in [0.25, 0.3) is 0 Å². The Labute approximate surface area is 111 Å². The topological polar surface area (TPSA) is 35.6 Å². The van der Waals surface area contributed by atoms with E-state index in [-0.39, 0.29) is 24.7 Å². The van der Waals surface area contributed by atoms with Crippen LogP contribution in [0, 0.1) is 0 Å². The average molecular weight is 279 g/mol. The van der Waals surface area contributed by atoms with Gasteiger partial charge in [0.05, 0.1) is 6.54 Å². The van der Waals surface area contributed by atoms with Crippen LogP contribution in [0.2, 0.25) is 0 Å². The van der Waals surface area contributed by atoms with Crippen LogP contribution in [0.4, 0.5) is 18.0 Å². The molecule has 1 fully saturated rings. The molecule has 0 aromatic heterocycles. The highest BCUT2D eigenvalue weighted by molar-refractivity contribution is 5.74. The van der Waals surface area contributed by atoms with Gasteiger partial charge in [0.15, 0.2) is 0 Å². The van der Waals surface area contributed by atoms with E-state index >= 15 is 0 Å². The number of nitrogens with one attached hydrogen (secondary N) is 1. The third kappa shape index (κ3) is 5.10. The van der Waals surface area contributed by atoms with Gasteiger partial charge in [-0.15, -0.1) is 6.58 Å². The van der Waals surface area contributed by atoms with Gasteiger partial charge in [-0.1, -0.05) is 6.08 Å². The lowest BCUT2D eigenvalue weighted by molar-refractivity contribution is -0.153. The third-order valence-electron chi connectivity index (χ3n) is 3.14. The molecule has 0 saturated carbocycles. The molecule has 0 aliphatic carbocycles. The van der Waals surface area contributed by atoms with E-state index < -0.39 is 12.7 Å². The molecule has 0 unspecified atom stereocenters. The minimum absolute atomic E-state index is 0.156. The number of piperazine rings is 1. The van der Waals surface area contributed by atoms with E-state index in [1.54, 1.807) is 19.9 Å². The van der Waals surface area contributed by atoms with Crippen molar-refractivity contribution in [1.82, 2.24) is 15.1 Å². The molecule has 1 heterocycles. The number of hydrogen-bond acceptors (Lipinski definition) is 2. The van der Waals surface area contributed by atoms with Gasteiger partial charge in [-0.2, -0.15) is 13.2 Å². The van der Waals surface area contributed by atoms with Crippen molar-refractivity contribution < 1.29 is 18.0 Å². The second-order valence-corrected chi connectivity index (χ2v) is 4.85. The zero-order valence-electron chi connectivity index (χ0n) is 11.2.